The molecule has 1 aliphatic heterocycles. The zero-order chi connectivity index (χ0) is 14.0. The normalized spacial score (nSPS) is 15.8. The maximum atomic E-state index is 12.1. The molecule has 0 spiro atoms. The summed E-state index contributed by atoms with van der Waals surface area (Å²) in [6.45, 7) is 3.17. The fourth-order valence-electron chi connectivity index (χ4n) is 2.41. The number of rotatable bonds is 3. The molecular weight excluding hydrogens is 244 g/mol. The SMILES string of the molecule is CC(CN)C(=O)N1CCc2c(cccc2C(=O)O)C1. The summed E-state index contributed by atoms with van der Waals surface area (Å²) >= 11 is 0. The van der Waals surface area contributed by atoms with E-state index in [2.05, 4.69) is 0 Å². The molecule has 0 bridgehead atoms. The third kappa shape index (κ3) is 2.61. The Labute approximate surface area is 112 Å². The Morgan fingerprint density at radius 3 is 2.84 bits per heavy atom. The topological polar surface area (TPSA) is 83.6 Å². The lowest BCUT2D eigenvalue weighted by molar-refractivity contribution is -0.135. The molecule has 1 aromatic rings. The van der Waals surface area contributed by atoms with Crippen molar-refractivity contribution in [2.45, 2.75) is 19.9 Å². The van der Waals surface area contributed by atoms with Crippen LogP contribution in [0.25, 0.3) is 0 Å². The molecular formula is C14H18N2O3. The lowest BCUT2D eigenvalue weighted by Crippen LogP contribution is -2.41. The van der Waals surface area contributed by atoms with Crippen LogP contribution in [0.4, 0.5) is 0 Å². The number of benzene rings is 1. The van der Waals surface area contributed by atoms with Gasteiger partial charge in [0.15, 0.2) is 0 Å². The van der Waals surface area contributed by atoms with Crippen LogP contribution in [0.1, 0.15) is 28.4 Å². The van der Waals surface area contributed by atoms with E-state index in [9.17, 15) is 9.59 Å². The predicted molar refractivity (Wildman–Crippen MR) is 70.7 cm³/mol. The van der Waals surface area contributed by atoms with E-state index in [-0.39, 0.29) is 11.8 Å². The van der Waals surface area contributed by atoms with E-state index in [1.165, 1.54) is 0 Å². The Bertz CT molecular complexity index is 513. The van der Waals surface area contributed by atoms with Crippen molar-refractivity contribution in [3.8, 4) is 0 Å². The molecule has 0 fully saturated rings. The first-order valence-corrected chi connectivity index (χ1v) is 6.37. The van der Waals surface area contributed by atoms with Gasteiger partial charge >= 0.3 is 5.97 Å². The number of hydrogen-bond donors (Lipinski definition) is 2. The molecule has 0 aromatic heterocycles. The highest BCUT2D eigenvalue weighted by molar-refractivity contribution is 5.90. The number of nitrogens with zero attached hydrogens (tertiary/aromatic N) is 1. The van der Waals surface area contributed by atoms with E-state index in [1.54, 1.807) is 17.0 Å². The molecule has 5 nitrogen and oxygen atoms in total. The van der Waals surface area contributed by atoms with Gasteiger partial charge in [0.1, 0.15) is 0 Å². The van der Waals surface area contributed by atoms with E-state index in [0.717, 1.165) is 11.1 Å². The number of carbonyl (C=O) groups excluding carboxylic acids is 1. The Balaban J connectivity index is 2.24. The summed E-state index contributed by atoms with van der Waals surface area (Å²) in [5.41, 5.74) is 7.62. The van der Waals surface area contributed by atoms with Crippen LogP contribution in [0, 0.1) is 5.92 Å². The standard InChI is InChI=1S/C14H18N2O3/c1-9(7-15)13(17)16-6-5-11-10(8-16)3-2-4-12(11)14(18)19/h2-4,9H,5-8,15H2,1H3,(H,18,19). The van der Waals surface area contributed by atoms with Crippen molar-refractivity contribution >= 4 is 11.9 Å². The smallest absolute Gasteiger partial charge is 0.335 e. The highest BCUT2D eigenvalue weighted by Gasteiger charge is 2.26. The molecule has 0 saturated carbocycles. The van der Waals surface area contributed by atoms with Crippen molar-refractivity contribution in [3.05, 3.63) is 34.9 Å². The summed E-state index contributed by atoms with van der Waals surface area (Å²) in [7, 11) is 0. The minimum atomic E-state index is -0.910. The Morgan fingerprint density at radius 2 is 2.21 bits per heavy atom. The molecule has 1 aromatic carbocycles. The predicted octanol–water partition coefficient (Wildman–Crippen LogP) is 0.864. The van der Waals surface area contributed by atoms with E-state index < -0.39 is 5.97 Å². The summed E-state index contributed by atoms with van der Waals surface area (Å²) in [5, 5.41) is 9.15. The van der Waals surface area contributed by atoms with Gasteiger partial charge in [-0.25, -0.2) is 4.79 Å². The van der Waals surface area contributed by atoms with Crippen LogP contribution >= 0.6 is 0 Å². The fourth-order valence-corrected chi connectivity index (χ4v) is 2.41. The molecule has 19 heavy (non-hydrogen) atoms. The lowest BCUT2D eigenvalue weighted by atomic mass is 9.94. The molecule has 0 radical (unpaired) electrons. The fraction of sp³-hybridized carbons (Fsp3) is 0.429. The van der Waals surface area contributed by atoms with Crippen molar-refractivity contribution in [2.24, 2.45) is 11.7 Å². The molecule has 1 heterocycles. The van der Waals surface area contributed by atoms with Gasteiger partial charge < -0.3 is 15.7 Å². The Hall–Kier alpha value is -1.88. The molecule has 1 amide bonds. The highest BCUT2D eigenvalue weighted by atomic mass is 16.4. The Kier molecular flexibility index (Phi) is 3.85. The molecule has 0 saturated heterocycles. The molecule has 3 N–H and O–H groups in total. The van der Waals surface area contributed by atoms with Crippen molar-refractivity contribution in [1.82, 2.24) is 4.90 Å². The van der Waals surface area contributed by atoms with Crippen LogP contribution in [0.15, 0.2) is 18.2 Å². The minimum absolute atomic E-state index is 0.0360. The van der Waals surface area contributed by atoms with Gasteiger partial charge in [0.2, 0.25) is 5.91 Å². The van der Waals surface area contributed by atoms with Crippen LogP contribution in [0.5, 0.6) is 0 Å². The molecule has 2 rings (SSSR count). The van der Waals surface area contributed by atoms with Crippen LogP contribution in [-0.4, -0.2) is 35.0 Å². The van der Waals surface area contributed by atoms with E-state index >= 15 is 0 Å². The summed E-state index contributed by atoms with van der Waals surface area (Å²) in [4.78, 5) is 25.0. The average molecular weight is 262 g/mol. The van der Waals surface area contributed by atoms with Gasteiger partial charge in [0.05, 0.1) is 5.56 Å². The first kappa shape index (κ1) is 13.5. The maximum absolute atomic E-state index is 12.1. The summed E-state index contributed by atoms with van der Waals surface area (Å²) in [6.07, 6.45) is 0.584. The van der Waals surface area contributed by atoms with E-state index in [0.29, 0.717) is 31.6 Å². The van der Waals surface area contributed by atoms with Crippen LogP contribution in [0.2, 0.25) is 0 Å². The number of hydrogen-bond acceptors (Lipinski definition) is 3. The number of fused-ring (bicyclic) bond motifs is 1. The van der Waals surface area contributed by atoms with E-state index in [1.807, 2.05) is 13.0 Å². The number of amides is 1. The highest BCUT2D eigenvalue weighted by Crippen LogP contribution is 2.23. The lowest BCUT2D eigenvalue weighted by Gasteiger charge is -2.31. The van der Waals surface area contributed by atoms with Gasteiger partial charge in [-0.1, -0.05) is 19.1 Å². The summed E-state index contributed by atoms with van der Waals surface area (Å²) in [6, 6.07) is 5.22. The van der Waals surface area contributed by atoms with Gasteiger partial charge in [0, 0.05) is 25.6 Å². The first-order valence-electron chi connectivity index (χ1n) is 6.37. The number of carboxylic acid groups (broad SMARTS) is 1. The second kappa shape index (κ2) is 5.40. The molecule has 1 atom stereocenters. The second-order valence-corrected chi connectivity index (χ2v) is 4.89. The third-order valence-electron chi connectivity index (χ3n) is 3.58. The largest absolute Gasteiger partial charge is 0.478 e. The maximum Gasteiger partial charge on any atom is 0.335 e. The first-order chi connectivity index (χ1) is 9.04. The molecule has 1 unspecified atom stereocenters. The number of aromatic carboxylic acids is 1. The zero-order valence-corrected chi connectivity index (χ0v) is 10.9. The average Bonchev–Trinajstić information content (AvgIpc) is 2.44. The molecule has 0 aliphatic carbocycles. The molecule has 1 aliphatic rings. The van der Waals surface area contributed by atoms with Gasteiger partial charge in [-0.3, -0.25) is 4.79 Å². The minimum Gasteiger partial charge on any atom is -0.478 e. The van der Waals surface area contributed by atoms with Crippen LogP contribution in [0.3, 0.4) is 0 Å². The number of carboxylic acids is 1. The molecule has 5 heteroatoms. The summed E-state index contributed by atoms with van der Waals surface area (Å²) < 4.78 is 0. The van der Waals surface area contributed by atoms with Crippen molar-refractivity contribution in [2.75, 3.05) is 13.1 Å². The quantitative estimate of drug-likeness (QED) is 0.846. The van der Waals surface area contributed by atoms with Crippen molar-refractivity contribution in [1.29, 1.82) is 0 Å². The van der Waals surface area contributed by atoms with Crippen molar-refractivity contribution in [3.63, 3.8) is 0 Å². The van der Waals surface area contributed by atoms with E-state index in [4.69, 9.17) is 10.8 Å². The van der Waals surface area contributed by atoms with Gasteiger partial charge in [-0.2, -0.15) is 0 Å². The van der Waals surface area contributed by atoms with Crippen LogP contribution in [-0.2, 0) is 17.8 Å². The van der Waals surface area contributed by atoms with Gasteiger partial charge in [0.25, 0.3) is 0 Å². The Morgan fingerprint density at radius 1 is 1.47 bits per heavy atom. The molecule has 102 valence electrons. The number of nitrogens with two attached hydrogens (primary N) is 1. The third-order valence-corrected chi connectivity index (χ3v) is 3.58. The zero-order valence-electron chi connectivity index (χ0n) is 10.9. The second-order valence-electron chi connectivity index (χ2n) is 4.89. The van der Waals surface area contributed by atoms with Crippen LogP contribution < -0.4 is 5.73 Å². The van der Waals surface area contributed by atoms with Crippen molar-refractivity contribution < 1.29 is 14.7 Å². The monoisotopic (exact) mass is 262 g/mol. The van der Waals surface area contributed by atoms with Gasteiger partial charge in [-0.05, 0) is 23.6 Å². The summed E-state index contributed by atoms with van der Waals surface area (Å²) in [5.74, 6) is -1.06. The number of carbonyl (C=O) groups is 2. The van der Waals surface area contributed by atoms with Gasteiger partial charge in [-0.15, -0.1) is 0 Å².